The molecule has 0 bridgehead atoms. The SMILES string of the molecule is COc1ccc(O)c(CN(CC(C)C)C2CCCC2)c1. The quantitative estimate of drug-likeness (QED) is 0.858. The van der Waals surface area contributed by atoms with Gasteiger partial charge in [0.1, 0.15) is 11.5 Å². The molecule has 0 aliphatic heterocycles. The van der Waals surface area contributed by atoms with Crippen LogP contribution in [0.2, 0.25) is 0 Å². The van der Waals surface area contributed by atoms with Crippen molar-refractivity contribution in [1.82, 2.24) is 4.90 Å². The molecule has 0 amide bonds. The van der Waals surface area contributed by atoms with E-state index in [1.54, 1.807) is 19.2 Å². The van der Waals surface area contributed by atoms with Gasteiger partial charge < -0.3 is 9.84 Å². The molecule has 1 N–H and O–H groups in total. The van der Waals surface area contributed by atoms with Crippen molar-refractivity contribution in [2.75, 3.05) is 13.7 Å². The lowest BCUT2D eigenvalue weighted by Gasteiger charge is -2.30. The molecule has 2 rings (SSSR count). The van der Waals surface area contributed by atoms with Crippen LogP contribution in [0.15, 0.2) is 18.2 Å². The number of benzene rings is 1. The van der Waals surface area contributed by atoms with E-state index in [2.05, 4.69) is 18.7 Å². The Balaban J connectivity index is 2.13. The Morgan fingerprint density at radius 1 is 1.30 bits per heavy atom. The molecule has 20 heavy (non-hydrogen) atoms. The molecule has 0 saturated heterocycles. The fraction of sp³-hybridized carbons (Fsp3) is 0.647. The third-order valence-corrected chi connectivity index (χ3v) is 4.10. The van der Waals surface area contributed by atoms with Crippen molar-refractivity contribution >= 4 is 0 Å². The Morgan fingerprint density at radius 3 is 2.60 bits per heavy atom. The maximum absolute atomic E-state index is 10.1. The molecule has 112 valence electrons. The van der Waals surface area contributed by atoms with Gasteiger partial charge in [0.2, 0.25) is 0 Å². The minimum absolute atomic E-state index is 0.373. The predicted octanol–water partition coefficient (Wildman–Crippen LogP) is 3.80. The Morgan fingerprint density at radius 2 is 2.00 bits per heavy atom. The highest BCUT2D eigenvalue weighted by Crippen LogP contribution is 2.29. The summed E-state index contributed by atoms with van der Waals surface area (Å²) in [7, 11) is 1.67. The first-order chi connectivity index (χ1) is 9.60. The van der Waals surface area contributed by atoms with E-state index in [-0.39, 0.29) is 0 Å². The topological polar surface area (TPSA) is 32.7 Å². The van der Waals surface area contributed by atoms with Crippen LogP contribution in [-0.2, 0) is 6.54 Å². The zero-order valence-corrected chi connectivity index (χ0v) is 12.9. The summed E-state index contributed by atoms with van der Waals surface area (Å²) < 4.78 is 5.27. The van der Waals surface area contributed by atoms with Gasteiger partial charge in [-0.3, -0.25) is 4.90 Å². The van der Waals surface area contributed by atoms with Gasteiger partial charge in [0, 0.05) is 24.7 Å². The van der Waals surface area contributed by atoms with Crippen LogP contribution in [0.1, 0.15) is 45.1 Å². The number of phenolic OH excluding ortho intramolecular Hbond substituents is 1. The molecule has 0 heterocycles. The Bertz CT molecular complexity index is 425. The second-order valence-electron chi connectivity index (χ2n) is 6.26. The average molecular weight is 277 g/mol. The predicted molar refractivity (Wildman–Crippen MR) is 82.2 cm³/mol. The first-order valence-corrected chi connectivity index (χ1v) is 7.70. The maximum Gasteiger partial charge on any atom is 0.120 e. The van der Waals surface area contributed by atoms with Crippen molar-refractivity contribution in [3.63, 3.8) is 0 Å². The molecule has 0 atom stereocenters. The molecule has 1 aliphatic carbocycles. The van der Waals surface area contributed by atoms with Crippen LogP contribution in [0.5, 0.6) is 11.5 Å². The second kappa shape index (κ2) is 6.98. The van der Waals surface area contributed by atoms with Gasteiger partial charge in [-0.2, -0.15) is 0 Å². The first-order valence-electron chi connectivity index (χ1n) is 7.70. The zero-order chi connectivity index (χ0) is 14.5. The minimum atomic E-state index is 0.373. The lowest BCUT2D eigenvalue weighted by atomic mass is 10.1. The van der Waals surface area contributed by atoms with Crippen molar-refractivity contribution in [2.45, 2.75) is 52.1 Å². The lowest BCUT2D eigenvalue weighted by molar-refractivity contribution is 0.167. The van der Waals surface area contributed by atoms with E-state index in [9.17, 15) is 5.11 Å². The third-order valence-electron chi connectivity index (χ3n) is 4.10. The Labute approximate surface area is 122 Å². The van der Waals surface area contributed by atoms with Crippen molar-refractivity contribution < 1.29 is 9.84 Å². The third kappa shape index (κ3) is 3.89. The summed E-state index contributed by atoms with van der Waals surface area (Å²) in [4.78, 5) is 2.53. The van der Waals surface area contributed by atoms with Crippen LogP contribution in [0.3, 0.4) is 0 Å². The van der Waals surface area contributed by atoms with Gasteiger partial charge >= 0.3 is 0 Å². The van der Waals surface area contributed by atoms with Crippen LogP contribution < -0.4 is 4.74 Å². The molecule has 1 fully saturated rings. The molecule has 0 spiro atoms. The fourth-order valence-electron chi connectivity index (χ4n) is 3.12. The van der Waals surface area contributed by atoms with Gasteiger partial charge in [0.05, 0.1) is 7.11 Å². The van der Waals surface area contributed by atoms with Crippen LogP contribution in [0, 0.1) is 5.92 Å². The van der Waals surface area contributed by atoms with E-state index in [1.165, 1.54) is 25.7 Å². The van der Waals surface area contributed by atoms with E-state index in [1.807, 2.05) is 6.07 Å². The molecule has 3 heteroatoms. The van der Waals surface area contributed by atoms with Crippen molar-refractivity contribution in [3.8, 4) is 11.5 Å². The molecule has 3 nitrogen and oxygen atoms in total. The number of phenols is 1. The molecule has 0 radical (unpaired) electrons. The summed E-state index contributed by atoms with van der Waals surface area (Å²) in [6, 6.07) is 6.16. The number of methoxy groups -OCH3 is 1. The van der Waals surface area contributed by atoms with Crippen LogP contribution >= 0.6 is 0 Å². The van der Waals surface area contributed by atoms with Crippen LogP contribution in [0.25, 0.3) is 0 Å². The van der Waals surface area contributed by atoms with Gasteiger partial charge in [-0.05, 0) is 37.0 Å². The molecule has 1 aromatic rings. The van der Waals surface area contributed by atoms with Crippen molar-refractivity contribution in [2.24, 2.45) is 5.92 Å². The summed E-state index contributed by atoms with van der Waals surface area (Å²) in [5, 5.41) is 10.1. The normalized spacial score (nSPS) is 16.2. The number of ether oxygens (including phenoxy) is 1. The molecular weight excluding hydrogens is 250 g/mol. The van der Waals surface area contributed by atoms with Gasteiger partial charge in [0.15, 0.2) is 0 Å². The molecule has 1 saturated carbocycles. The Kier molecular flexibility index (Phi) is 5.30. The molecular formula is C17H27NO2. The molecule has 1 aliphatic rings. The molecule has 1 aromatic carbocycles. The fourth-order valence-corrected chi connectivity index (χ4v) is 3.12. The van der Waals surface area contributed by atoms with E-state index >= 15 is 0 Å². The van der Waals surface area contributed by atoms with E-state index in [0.29, 0.717) is 17.7 Å². The summed E-state index contributed by atoms with van der Waals surface area (Å²) in [6.45, 7) is 6.41. The van der Waals surface area contributed by atoms with Gasteiger partial charge in [0.25, 0.3) is 0 Å². The monoisotopic (exact) mass is 277 g/mol. The van der Waals surface area contributed by atoms with Crippen molar-refractivity contribution in [3.05, 3.63) is 23.8 Å². The number of nitrogens with zero attached hydrogens (tertiary/aromatic N) is 1. The smallest absolute Gasteiger partial charge is 0.120 e. The van der Waals surface area contributed by atoms with E-state index in [0.717, 1.165) is 24.4 Å². The number of rotatable bonds is 6. The van der Waals surface area contributed by atoms with E-state index in [4.69, 9.17) is 4.74 Å². The highest BCUT2D eigenvalue weighted by atomic mass is 16.5. The summed E-state index contributed by atoms with van der Waals surface area (Å²) >= 11 is 0. The van der Waals surface area contributed by atoms with Gasteiger partial charge in [-0.25, -0.2) is 0 Å². The first kappa shape index (κ1) is 15.2. The zero-order valence-electron chi connectivity index (χ0n) is 12.9. The standard InChI is InChI=1S/C17H27NO2/c1-13(2)11-18(15-6-4-5-7-15)12-14-10-16(20-3)8-9-17(14)19/h8-10,13,15,19H,4-7,11-12H2,1-3H3. The highest BCUT2D eigenvalue weighted by Gasteiger charge is 2.24. The van der Waals surface area contributed by atoms with Crippen molar-refractivity contribution in [1.29, 1.82) is 0 Å². The summed E-state index contributed by atoms with van der Waals surface area (Å²) in [5.41, 5.74) is 0.969. The number of hydrogen-bond acceptors (Lipinski definition) is 3. The van der Waals surface area contributed by atoms with Crippen LogP contribution in [-0.4, -0.2) is 29.7 Å². The highest BCUT2D eigenvalue weighted by molar-refractivity contribution is 5.39. The largest absolute Gasteiger partial charge is 0.508 e. The number of aromatic hydroxyl groups is 1. The minimum Gasteiger partial charge on any atom is -0.508 e. The summed E-state index contributed by atoms with van der Waals surface area (Å²) in [6.07, 6.45) is 5.25. The number of hydrogen-bond donors (Lipinski definition) is 1. The molecule has 0 aromatic heterocycles. The second-order valence-corrected chi connectivity index (χ2v) is 6.26. The molecule has 0 unspecified atom stereocenters. The average Bonchev–Trinajstić information content (AvgIpc) is 2.94. The van der Waals surface area contributed by atoms with E-state index < -0.39 is 0 Å². The lowest BCUT2D eigenvalue weighted by Crippen LogP contribution is -2.35. The van der Waals surface area contributed by atoms with Crippen LogP contribution in [0.4, 0.5) is 0 Å². The Hall–Kier alpha value is -1.22. The van der Waals surface area contributed by atoms with Gasteiger partial charge in [-0.1, -0.05) is 26.7 Å². The summed E-state index contributed by atoms with van der Waals surface area (Å²) in [5.74, 6) is 1.83. The maximum atomic E-state index is 10.1. The van der Waals surface area contributed by atoms with Gasteiger partial charge in [-0.15, -0.1) is 0 Å².